The maximum atomic E-state index is 12.5. The molecule has 2 aliphatic rings. The highest BCUT2D eigenvalue weighted by Crippen LogP contribution is 2.32. The molecule has 132 valence electrons. The Labute approximate surface area is 153 Å². The van der Waals surface area contributed by atoms with Crippen LogP contribution in [0.25, 0.3) is 0 Å². The molecule has 0 saturated carbocycles. The van der Waals surface area contributed by atoms with E-state index in [4.69, 9.17) is 0 Å². The summed E-state index contributed by atoms with van der Waals surface area (Å²) in [6, 6.07) is 10.9. The second-order valence-electron chi connectivity index (χ2n) is 6.97. The number of carbonyl (C=O) groups excluding carboxylic acids is 1. The van der Waals surface area contributed by atoms with Gasteiger partial charge in [0.25, 0.3) is 0 Å². The molecule has 0 radical (unpaired) electrons. The fourth-order valence-electron chi connectivity index (χ4n) is 3.97. The van der Waals surface area contributed by atoms with Crippen molar-refractivity contribution in [2.75, 3.05) is 36.4 Å². The van der Waals surface area contributed by atoms with Gasteiger partial charge in [-0.25, -0.2) is 0 Å². The molecule has 25 heavy (non-hydrogen) atoms. The van der Waals surface area contributed by atoms with E-state index in [0.717, 1.165) is 31.7 Å². The van der Waals surface area contributed by atoms with Gasteiger partial charge in [0.15, 0.2) is 0 Å². The van der Waals surface area contributed by atoms with Crippen molar-refractivity contribution < 1.29 is 4.79 Å². The maximum absolute atomic E-state index is 12.5. The number of likely N-dealkylation sites (tertiary alicyclic amines) is 1. The minimum Gasteiger partial charge on any atom is -0.372 e. The molecule has 3 heterocycles. The Hall–Kier alpha value is -1.85. The zero-order valence-corrected chi connectivity index (χ0v) is 15.3. The zero-order valence-electron chi connectivity index (χ0n) is 14.5. The number of amides is 1. The van der Waals surface area contributed by atoms with Gasteiger partial charge in [-0.3, -0.25) is 9.69 Å². The van der Waals surface area contributed by atoms with Crippen molar-refractivity contribution in [2.24, 2.45) is 0 Å². The molecule has 1 aromatic carbocycles. The van der Waals surface area contributed by atoms with Gasteiger partial charge in [-0.15, -0.1) is 0 Å². The van der Waals surface area contributed by atoms with E-state index in [1.54, 1.807) is 11.3 Å². The lowest BCUT2D eigenvalue weighted by atomic mass is 10.1. The fourth-order valence-corrected chi connectivity index (χ4v) is 4.68. The Kier molecular flexibility index (Phi) is 5.04. The first-order valence-corrected chi connectivity index (χ1v) is 10.1. The number of hydrogen-bond donors (Lipinski definition) is 1. The number of hydrogen-bond acceptors (Lipinski definition) is 4. The molecule has 1 N–H and O–H groups in total. The average Bonchev–Trinajstić information content (AvgIpc) is 3.37. The molecule has 2 saturated heterocycles. The molecule has 4 nitrogen and oxygen atoms in total. The van der Waals surface area contributed by atoms with Crippen molar-refractivity contribution >= 4 is 28.6 Å². The summed E-state index contributed by atoms with van der Waals surface area (Å²) in [5.74, 6) is 0.0797. The van der Waals surface area contributed by atoms with Crippen LogP contribution in [0.4, 0.5) is 11.4 Å². The number of nitrogens with one attached hydrogen (secondary N) is 1. The predicted molar refractivity (Wildman–Crippen MR) is 104 cm³/mol. The molecule has 0 spiro atoms. The Morgan fingerprint density at radius 1 is 1.08 bits per heavy atom. The second-order valence-corrected chi connectivity index (χ2v) is 7.75. The Morgan fingerprint density at radius 3 is 2.60 bits per heavy atom. The summed E-state index contributed by atoms with van der Waals surface area (Å²) in [6.45, 7) is 3.76. The summed E-state index contributed by atoms with van der Waals surface area (Å²) in [5.41, 5.74) is 3.50. The summed E-state index contributed by atoms with van der Waals surface area (Å²) in [7, 11) is 0. The van der Waals surface area contributed by atoms with Gasteiger partial charge >= 0.3 is 0 Å². The monoisotopic (exact) mass is 355 g/mol. The molecule has 0 bridgehead atoms. The minimum atomic E-state index is 0.0797. The normalized spacial score (nSPS) is 21.0. The van der Waals surface area contributed by atoms with Crippen LogP contribution < -0.4 is 10.2 Å². The zero-order chi connectivity index (χ0) is 17.1. The van der Waals surface area contributed by atoms with Crippen LogP contribution in [-0.2, 0) is 4.79 Å². The van der Waals surface area contributed by atoms with Gasteiger partial charge in [0.05, 0.1) is 6.54 Å². The van der Waals surface area contributed by atoms with Crippen LogP contribution in [0.5, 0.6) is 0 Å². The third kappa shape index (κ3) is 3.88. The first kappa shape index (κ1) is 16.6. The van der Waals surface area contributed by atoms with Gasteiger partial charge in [-0.1, -0.05) is 0 Å². The van der Waals surface area contributed by atoms with Crippen LogP contribution in [0.2, 0.25) is 0 Å². The summed E-state index contributed by atoms with van der Waals surface area (Å²) >= 11 is 1.73. The van der Waals surface area contributed by atoms with Gasteiger partial charge in [-0.2, -0.15) is 11.3 Å². The van der Waals surface area contributed by atoms with E-state index in [-0.39, 0.29) is 5.91 Å². The summed E-state index contributed by atoms with van der Waals surface area (Å²) in [5, 5.41) is 7.38. The van der Waals surface area contributed by atoms with Crippen molar-refractivity contribution in [1.29, 1.82) is 0 Å². The average molecular weight is 356 g/mol. The topological polar surface area (TPSA) is 35.6 Å². The van der Waals surface area contributed by atoms with Crippen LogP contribution >= 0.6 is 11.3 Å². The first-order chi connectivity index (χ1) is 12.3. The van der Waals surface area contributed by atoms with Crippen LogP contribution in [0.3, 0.4) is 0 Å². The smallest absolute Gasteiger partial charge is 0.238 e. The molecule has 4 rings (SSSR count). The molecule has 2 aliphatic heterocycles. The number of anilines is 2. The number of carbonyl (C=O) groups is 1. The van der Waals surface area contributed by atoms with E-state index >= 15 is 0 Å². The van der Waals surface area contributed by atoms with Gasteiger partial charge < -0.3 is 10.2 Å². The van der Waals surface area contributed by atoms with E-state index in [1.807, 2.05) is 12.1 Å². The Balaban J connectivity index is 1.34. The lowest BCUT2D eigenvalue weighted by molar-refractivity contribution is -0.117. The first-order valence-electron chi connectivity index (χ1n) is 9.20. The molecule has 2 aromatic rings. The number of rotatable bonds is 5. The van der Waals surface area contributed by atoms with Gasteiger partial charge in [0.1, 0.15) is 0 Å². The van der Waals surface area contributed by atoms with Crippen molar-refractivity contribution in [2.45, 2.75) is 31.7 Å². The lowest BCUT2D eigenvalue weighted by Gasteiger charge is -2.23. The summed E-state index contributed by atoms with van der Waals surface area (Å²) < 4.78 is 0. The molecule has 1 unspecified atom stereocenters. The van der Waals surface area contributed by atoms with Gasteiger partial charge in [0.2, 0.25) is 5.91 Å². The molecule has 5 heteroatoms. The summed E-state index contributed by atoms with van der Waals surface area (Å²) in [6.07, 6.45) is 4.87. The van der Waals surface area contributed by atoms with Crippen molar-refractivity contribution in [3.05, 3.63) is 46.7 Å². The largest absolute Gasteiger partial charge is 0.372 e. The number of benzene rings is 1. The molecule has 1 amide bonds. The fraction of sp³-hybridized carbons (Fsp3) is 0.450. The van der Waals surface area contributed by atoms with Crippen LogP contribution in [0.15, 0.2) is 41.1 Å². The van der Waals surface area contributed by atoms with E-state index < -0.39 is 0 Å². The highest BCUT2D eigenvalue weighted by molar-refractivity contribution is 7.07. The van der Waals surface area contributed by atoms with E-state index in [9.17, 15) is 4.79 Å². The van der Waals surface area contributed by atoms with Crippen LogP contribution in [-0.4, -0.2) is 37.0 Å². The van der Waals surface area contributed by atoms with E-state index in [0.29, 0.717) is 12.6 Å². The lowest BCUT2D eigenvalue weighted by Crippen LogP contribution is -2.32. The van der Waals surface area contributed by atoms with Crippen molar-refractivity contribution in [3.63, 3.8) is 0 Å². The standard InChI is InChI=1S/C20H25N3OS/c24-20(14-23-12-3-4-19(23)16-9-13-25-15-16)21-17-5-7-18(8-6-17)22-10-1-2-11-22/h5-9,13,15,19H,1-4,10-12,14H2,(H,21,24). The molecule has 1 aromatic heterocycles. The number of nitrogens with zero attached hydrogens (tertiary/aromatic N) is 2. The molecule has 0 aliphatic carbocycles. The van der Waals surface area contributed by atoms with Crippen LogP contribution in [0, 0.1) is 0 Å². The second kappa shape index (κ2) is 7.58. The maximum Gasteiger partial charge on any atom is 0.238 e. The summed E-state index contributed by atoms with van der Waals surface area (Å²) in [4.78, 5) is 17.2. The van der Waals surface area contributed by atoms with Crippen LogP contribution in [0.1, 0.15) is 37.3 Å². The Morgan fingerprint density at radius 2 is 1.88 bits per heavy atom. The minimum absolute atomic E-state index is 0.0797. The Bertz CT molecular complexity index is 692. The highest BCUT2D eigenvalue weighted by atomic mass is 32.1. The van der Waals surface area contributed by atoms with Crippen molar-refractivity contribution in [3.8, 4) is 0 Å². The molecular formula is C20H25N3OS. The third-order valence-electron chi connectivity index (χ3n) is 5.26. The molecular weight excluding hydrogens is 330 g/mol. The predicted octanol–water partition coefficient (Wildman–Crippen LogP) is 4.12. The van der Waals surface area contributed by atoms with E-state index in [2.05, 4.69) is 44.1 Å². The van der Waals surface area contributed by atoms with Gasteiger partial charge in [0, 0.05) is 30.5 Å². The molecule has 1 atom stereocenters. The highest BCUT2D eigenvalue weighted by Gasteiger charge is 2.27. The quantitative estimate of drug-likeness (QED) is 0.876. The van der Waals surface area contributed by atoms with Gasteiger partial charge in [-0.05, 0) is 78.9 Å². The SMILES string of the molecule is O=C(CN1CCCC1c1ccsc1)Nc1ccc(N2CCCC2)cc1. The number of thiophene rings is 1. The third-order valence-corrected chi connectivity index (χ3v) is 5.96. The van der Waals surface area contributed by atoms with E-state index in [1.165, 1.54) is 30.5 Å². The molecule has 2 fully saturated rings. The van der Waals surface area contributed by atoms with Crippen molar-refractivity contribution in [1.82, 2.24) is 4.90 Å².